The molecule has 4 N–H and O–H groups in total. The molecule has 2 aromatic rings. The van der Waals surface area contributed by atoms with Crippen molar-refractivity contribution >= 4 is 30.1 Å². The van der Waals surface area contributed by atoms with Crippen molar-refractivity contribution in [3.63, 3.8) is 0 Å². The molecule has 0 aromatic heterocycles. The lowest BCUT2D eigenvalue weighted by Gasteiger charge is -2.31. The van der Waals surface area contributed by atoms with Crippen LogP contribution in [0, 0.1) is 17.2 Å². The van der Waals surface area contributed by atoms with Gasteiger partial charge < -0.3 is 30.8 Å². The van der Waals surface area contributed by atoms with E-state index in [1.807, 2.05) is 43.3 Å². The number of alkyl carbamates (subject to hydrolysis) is 1. The van der Waals surface area contributed by atoms with Crippen LogP contribution in [0.3, 0.4) is 0 Å². The van der Waals surface area contributed by atoms with Crippen molar-refractivity contribution in [1.29, 1.82) is 5.41 Å². The normalized spacial score (nSPS) is 19.4. The molecule has 10 nitrogen and oxygen atoms in total. The lowest BCUT2D eigenvalue weighted by Crippen LogP contribution is -2.56. The van der Waals surface area contributed by atoms with Gasteiger partial charge in [0.25, 0.3) is 0 Å². The fourth-order valence-electron chi connectivity index (χ4n) is 5.62. The highest BCUT2D eigenvalue weighted by molar-refractivity contribution is 5.93. The number of amides is 3. The summed E-state index contributed by atoms with van der Waals surface area (Å²) in [5.41, 5.74) is 4.39. The Morgan fingerprint density at radius 2 is 1.65 bits per heavy atom. The molecule has 1 saturated heterocycles. The molecule has 1 aliphatic carbocycles. The molecule has 4 atom stereocenters. The average Bonchev–Trinajstić information content (AvgIpc) is 3.47. The van der Waals surface area contributed by atoms with Gasteiger partial charge in [-0.2, -0.15) is 0 Å². The summed E-state index contributed by atoms with van der Waals surface area (Å²) in [6.07, 6.45) is 0.119. The first kappa shape index (κ1) is 28.8. The van der Waals surface area contributed by atoms with Gasteiger partial charge in [-0.15, -0.1) is 0 Å². The Labute approximate surface area is 233 Å². The molecular formula is C30H36N4O6. The van der Waals surface area contributed by atoms with Crippen molar-refractivity contribution in [3.8, 4) is 11.1 Å². The molecule has 40 heavy (non-hydrogen) atoms. The zero-order valence-corrected chi connectivity index (χ0v) is 22.9. The fraction of sp³-hybridized carbons (Fsp3) is 0.433. The molecule has 1 aliphatic heterocycles. The van der Waals surface area contributed by atoms with Gasteiger partial charge in [0.05, 0.1) is 12.5 Å². The minimum Gasteiger partial charge on any atom is -0.481 e. The minimum absolute atomic E-state index is 0.0277. The van der Waals surface area contributed by atoms with Gasteiger partial charge in [0.15, 0.2) is 0 Å². The number of aliphatic carboxylic acids is 1. The number of carbonyl (C=O) groups is 4. The monoisotopic (exact) mass is 548 g/mol. The van der Waals surface area contributed by atoms with Gasteiger partial charge in [0.1, 0.15) is 18.7 Å². The number of likely N-dealkylation sites (tertiary alicyclic amines) is 1. The molecule has 3 amide bonds. The predicted octanol–water partition coefficient (Wildman–Crippen LogP) is 3.40. The first-order chi connectivity index (χ1) is 19.1. The molecule has 1 heterocycles. The lowest BCUT2D eigenvalue weighted by molar-refractivity contribution is -0.141. The van der Waals surface area contributed by atoms with Gasteiger partial charge in [0, 0.05) is 18.7 Å². The highest BCUT2D eigenvalue weighted by Crippen LogP contribution is 2.44. The third-order valence-electron chi connectivity index (χ3n) is 7.57. The van der Waals surface area contributed by atoms with E-state index in [0.29, 0.717) is 13.0 Å². The van der Waals surface area contributed by atoms with E-state index in [0.717, 1.165) is 28.5 Å². The summed E-state index contributed by atoms with van der Waals surface area (Å²) < 4.78 is 5.65. The Kier molecular flexibility index (Phi) is 8.86. The number of fused-ring (bicyclic) bond motifs is 3. The number of nitrogens with zero attached hydrogens (tertiary/aromatic N) is 1. The van der Waals surface area contributed by atoms with E-state index < -0.39 is 48.4 Å². The number of carboxylic acids is 1. The SMILES string of the molecule is CC(C)[C@H](NC(=O)OCC1c2ccccc2-c2ccccc21)C(=O)N1C[C@H](C)C[C@H]1C(=O)N[C@H](C=N)CC(=O)O. The van der Waals surface area contributed by atoms with E-state index in [1.165, 1.54) is 4.90 Å². The van der Waals surface area contributed by atoms with Crippen molar-refractivity contribution < 1.29 is 29.0 Å². The topological polar surface area (TPSA) is 149 Å². The third kappa shape index (κ3) is 6.16. The minimum atomic E-state index is -1.14. The fourth-order valence-corrected chi connectivity index (χ4v) is 5.62. The van der Waals surface area contributed by atoms with E-state index in [4.69, 9.17) is 15.3 Å². The Hall–Kier alpha value is -4.21. The lowest BCUT2D eigenvalue weighted by atomic mass is 9.98. The van der Waals surface area contributed by atoms with Gasteiger partial charge in [-0.3, -0.25) is 14.4 Å². The number of benzene rings is 2. The molecule has 2 aliphatic rings. The van der Waals surface area contributed by atoms with Gasteiger partial charge >= 0.3 is 12.1 Å². The average molecular weight is 549 g/mol. The molecular weight excluding hydrogens is 512 g/mol. The first-order valence-corrected chi connectivity index (χ1v) is 13.5. The van der Waals surface area contributed by atoms with Gasteiger partial charge in [0.2, 0.25) is 11.8 Å². The molecule has 0 bridgehead atoms. The maximum atomic E-state index is 13.6. The number of ether oxygens (including phenoxy) is 1. The molecule has 212 valence electrons. The second kappa shape index (κ2) is 12.3. The van der Waals surface area contributed by atoms with Crippen LogP contribution in [0.25, 0.3) is 11.1 Å². The van der Waals surface area contributed by atoms with Gasteiger partial charge in [-0.1, -0.05) is 69.3 Å². The molecule has 0 unspecified atom stereocenters. The maximum Gasteiger partial charge on any atom is 0.407 e. The Bertz CT molecular complexity index is 1250. The summed E-state index contributed by atoms with van der Waals surface area (Å²) in [6.45, 7) is 5.96. The summed E-state index contributed by atoms with van der Waals surface area (Å²) >= 11 is 0. The summed E-state index contributed by atoms with van der Waals surface area (Å²) in [5.74, 6) is -2.44. The van der Waals surface area contributed by atoms with Gasteiger partial charge in [-0.25, -0.2) is 4.79 Å². The summed E-state index contributed by atoms with van der Waals surface area (Å²) in [5, 5.41) is 21.7. The highest BCUT2D eigenvalue weighted by atomic mass is 16.5. The quantitative estimate of drug-likeness (QED) is 0.335. The molecule has 1 fully saturated rings. The van der Waals surface area contributed by atoms with Gasteiger partial charge in [-0.05, 0) is 40.5 Å². The molecule has 2 aromatic carbocycles. The number of hydrogen-bond donors (Lipinski definition) is 4. The van der Waals surface area contributed by atoms with Crippen LogP contribution in [0.5, 0.6) is 0 Å². The third-order valence-corrected chi connectivity index (χ3v) is 7.57. The van der Waals surface area contributed by atoms with Crippen molar-refractivity contribution in [2.24, 2.45) is 11.8 Å². The molecule has 0 spiro atoms. The maximum absolute atomic E-state index is 13.6. The summed E-state index contributed by atoms with van der Waals surface area (Å²) in [6, 6.07) is 13.3. The highest BCUT2D eigenvalue weighted by Gasteiger charge is 2.42. The summed E-state index contributed by atoms with van der Waals surface area (Å²) in [7, 11) is 0. The van der Waals surface area contributed by atoms with E-state index in [2.05, 4.69) is 22.8 Å². The Morgan fingerprint density at radius 1 is 1.05 bits per heavy atom. The van der Waals surface area contributed by atoms with Crippen molar-refractivity contribution in [2.75, 3.05) is 13.2 Å². The molecule has 10 heteroatoms. The Morgan fingerprint density at radius 3 is 2.20 bits per heavy atom. The van der Waals surface area contributed by atoms with E-state index >= 15 is 0 Å². The van der Waals surface area contributed by atoms with Crippen molar-refractivity contribution in [3.05, 3.63) is 59.7 Å². The predicted molar refractivity (Wildman–Crippen MR) is 149 cm³/mol. The molecule has 0 saturated carbocycles. The second-order valence-corrected chi connectivity index (χ2v) is 10.9. The number of rotatable bonds is 10. The van der Waals surface area contributed by atoms with E-state index in [9.17, 15) is 19.2 Å². The number of nitrogens with one attached hydrogen (secondary N) is 3. The number of carboxylic acid groups (broad SMARTS) is 1. The van der Waals surface area contributed by atoms with E-state index in [1.54, 1.807) is 13.8 Å². The standard InChI is InChI=1S/C30H36N4O6/c1-17(2)27(29(38)34-15-18(3)12-25(34)28(37)32-19(14-31)13-26(35)36)33-30(39)40-16-24-22-10-6-4-8-20(22)21-9-5-7-11-23(21)24/h4-11,14,17-19,24-25,27,31H,12-13,15-16H2,1-3H3,(H,32,37)(H,33,39)(H,35,36)/t18-,19+,25+,27+/m1/s1. The zero-order valence-electron chi connectivity index (χ0n) is 22.9. The van der Waals surface area contributed by atoms with Crippen LogP contribution < -0.4 is 10.6 Å². The van der Waals surface area contributed by atoms with E-state index in [-0.39, 0.29) is 24.4 Å². The number of carbonyl (C=O) groups excluding carboxylic acids is 3. The van der Waals surface area contributed by atoms with Crippen LogP contribution in [0.2, 0.25) is 0 Å². The van der Waals surface area contributed by atoms with Crippen LogP contribution in [0.4, 0.5) is 4.79 Å². The Balaban J connectivity index is 1.42. The van der Waals surface area contributed by atoms with Crippen molar-refractivity contribution in [1.82, 2.24) is 15.5 Å². The summed E-state index contributed by atoms with van der Waals surface area (Å²) in [4.78, 5) is 52.1. The smallest absolute Gasteiger partial charge is 0.407 e. The van der Waals surface area contributed by atoms with Crippen LogP contribution in [0.15, 0.2) is 48.5 Å². The van der Waals surface area contributed by atoms with Crippen LogP contribution in [-0.4, -0.2) is 71.4 Å². The second-order valence-electron chi connectivity index (χ2n) is 10.9. The largest absolute Gasteiger partial charge is 0.481 e. The first-order valence-electron chi connectivity index (χ1n) is 13.5. The van der Waals surface area contributed by atoms with Crippen LogP contribution >= 0.6 is 0 Å². The van der Waals surface area contributed by atoms with Crippen molar-refractivity contribution in [2.45, 2.75) is 57.7 Å². The van der Waals surface area contributed by atoms with Crippen LogP contribution in [0.1, 0.15) is 50.7 Å². The molecule has 0 radical (unpaired) electrons. The molecule has 4 rings (SSSR count). The van der Waals surface area contributed by atoms with Crippen LogP contribution in [-0.2, 0) is 19.1 Å². The number of hydrogen-bond acceptors (Lipinski definition) is 6. The zero-order chi connectivity index (χ0) is 29.0.